The molecule has 0 atom stereocenters. The van der Waals surface area contributed by atoms with Crippen molar-refractivity contribution in [1.82, 2.24) is 0 Å². The summed E-state index contributed by atoms with van der Waals surface area (Å²) in [6.45, 7) is 0. The molecule has 1 aromatic carbocycles. The highest BCUT2D eigenvalue weighted by atomic mass is 79.9. The van der Waals surface area contributed by atoms with Crippen molar-refractivity contribution in [2.45, 2.75) is 0 Å². The fraction of sp³-hybridized carbons (Fsp3) is 0. The second-order valence-corrected chi connectivity index (χ2v) is 3.70. The van der Waals surface area contributed by atoms with Gasteiger partial charge in [-0.15, -0.1) is 0 Å². The van der Waals surface area contributed by atoms with E-state index in [9.17, 15) is 0 Å². The number of hydrogen-bond acceptors (Lipinski definition) is 0. The van der Waals surface area contributed by atoms with Gasteiger partial charge in [0.1, 0.15) is 0 Å². The predicted molar refractivity (Wildman–Crippen MR) is 49.5 cm³/mol. The van der Waals surface area contributed by atoms with Crippen LogP contribution in [0.15, 0.2) is 31.5 Å². The molecule has 3 heteroatoms. The summed E-state index contributed by atoms with van der Waals surface area (Å²) in [7, 11) is 0. The third kappa shape index (κ3) is 2.40. The molecule has 1 rings (SSSR count). The zero-order valence-electron chi connectivity index (χ0n) is 7.13. The maximum Gasteiger partial charge on any atom is 0.0647 e. The molecule has 0 radical (unpaired) electrons. The monoisotopic (exact) mass is 315 g/mol. The average Bonchev–Trinajstić information content (AvgIpc) is 2.08. The molecule has 9 heavy (non-hydrogen) atoms. The van der Waals surface area contributed by atoms with E-state index < -0.39 is 0 Å². The van der Waals surface area contributed by atoms with Gasteiger partial charge in [-0.25, -0.2) is 0 Å². The molecule has 0 fully saturated rings. The lowest BCUT2D eigenvalue weighted by Gasteiger charge is -1.92. The van der Waals surface area contributed by atoms with Gasteiger partial charge >= 0.3 is 0 Å². The van der Waals surface area contributed by atoms with Gasteiger partial charge in [0.25, 0.3) is 0 Å². The number of hydrogen-bond donors (Lipinski definition) is 0. The quantitative estimate of drug-likeness (QED) is 0.679. The van der Waals surface area contributed by atoms with Crippen LogP contribution in [0, 0.1) is 0 Å². The molecular formula is C6H3Br3. The topological polar surface area (TPSA) is 0 Å². The molecule has 0 aliphatic rings. The minimum absolute atomic E-state index is 0.133. The Hall–Kier alpha value is 0.660. The number of benzene rings is 1. The van der Waals surface area contributed by atoms with Crippen molar-refractivity contribution in [2.75, 3.05) is 0 Å². The smallest absolute Gasteiger partial charge is 0.0508 e. The summed E-state index contributed by atoms with van der Waals surface area (Å²) in [5.74, 6) is 0. The van der Waals surface area contributed by atoms with Crippen molar-refractivity contribution in [1.29, 1.82) is 0 Å². The van der Waals surface area contributed by atoms with Gasteiger partial charge in [-0.2, -0.15) is 0 Å². The highest BCUT2D eigenvalue weighted by molar-refractivity contribution is 9.11. The van der Waals surface area contributed by atoms with E-state index in [0.29, 0.717) is 13.4 Å². The Labute approximate surface area is 83.2 Å². The van der Waals surface area contributed by atoms with Crippen molar-refractivity contribution >= 4 is 47.8 Å². The minimum Gasteiger partial charge on any atom is -0.0508 e. The first-order chi connectivity index (χ1) is 5.46. The molecule has 0 aromatic heterocycles. The van der Waals surface area contributed by atoms with Crippen LogP contribution in [0.4, 0.5) is 0 Å². The average molecular weight is 318 g/mol. The second-order valence-electron chi connectivity index (χ2n) is 1.32. The normalized spacial score (nSPS) is 14.3. The Morgan fingerprint density at radius 1 is 0.889 bits per heavy atom. The summed E-state index contributed by atoms with van der Waals surface area (Å²) in [6.07, 6.45) is 0. The lowest BCUT2D eigenvalue weighted by atomic mass is 10.4. The van der Waals surface area contributed by atoms with Crippen LogP contribution in [0.2, 0.25) is 0 Å². The van der Waals surface area contributed by atoms with Crippen LogP contribution in [-0.2, 0) is 0 Å². The van der Waals surface area contributed by atoms with E-state index in [1.807, 2.05) is 0 Å². The lowest BCUT2D eigenvalue weighted by Crippen LogP contribution is -1.66. The first-order valence-corrected chi connectivity index (χ1v) is 4.45. The molecule has 0 unspecified atom stereocenters. The van der Waals surface area contributed by atoms with E-state index >= 15 is 0 Å². The summed E-state index contributed by atoms with van der Waals surface area (Å²) in [5.41, 5.74) is 0. The lowest BCUT2D eigenvalue weighted by molar-refractivity contribution is 1.56. The van der Waals surface area contributed by atoms with Crippen LogP contribution in [0.5, 0.6) is 0 Å². The standard InChI is InChI=1S/C6H3Br3/c7-4-1-5(8)3-6(9)2-4/h1-3H/i1D,2D,3D. The SMILES string of the molecule is [2H]c1c(Br)c([2H])c(Br)c([2H])c1Br. The number of halogens is 3. The highest BCUT2D eigenvalue weighted by Crippen LogP contribution is 2.23. The van der Waals surface area contributed by atoms with Gasteiger partial charge in [-0.05, 0) is 18.1 Å². The minimum atomic E-state index is 0.133. The number of rotatable bonds is 0. The van der Waals surface area contributed by atoms with Crippen LogP contribution in [0.3, 0.4) is 0 Å². The largest absolute Gasteiger partial charge is 0.0647 e. The first kappa shape index (κ1) is 4.52. The van der Waals surface area contributed by atoms with Gasteiger partial charge in [-0.1, -0.05) is 47.8 Å². The summed E-state index contributed by atoms with van der Waals surface area (Å²) in [5, 5.41) is 0. The van der Waals surface area contributed by atoms with Gasteiger partial charge in [0, 0.05) is 13.4 Å². The first-order valence-electron chi connectivity index (χ1n) is 3.57. The van der Waals surface area contributed by atoms with E-state index in [-0.39, 0.29) is 18.1 Å². The molecule has 0 N–H and O–H groups in total. The summed E-state index contributed by atoms with van der Waals surface area (Å²) >= 11 is 9.29. The fourth-order valence-corrected chi connectivity index (χ4v) is 2.37. The third-order valence-corrected chi connectivity index (χ3v) is 1.85. The predicted octanol–water partition coefficient (Wildman–Crippen LogP) is 3.97. The van der Waals surface area contributed by atoms with E-state index in [0.717, 1.165) is 0 Å². The highest BCUT2D eigenvalue weighted by Gasteiger charge is 1.91. The van der Waals surface area contributed by atoms with Crippen molar-refractivity contribution in [3.63, 3.8) is 0 Å². The summed E-state index contributed by atoms with van der Waals surface area (Å²) in [6, 6.07) is 0.398. The van der Waals surface area contributed by atoms with Crippen molar-refractivity contribution in [3.05, 3.63) is 31.5 Å². The van der Waals surface area contributed by atoms with Gasteiger partial charge in [0.05, 0.1) is 4.11 Å². The molecule has 0 bridgehead atoms. The molecule has 0 heterocycles. The van der Waals surface area contributed by atoms with E-state index in [1.165, 1.54) is 0 Å². The van der Waals surface area contributed by atoms with E-state index in [4.69, 9.17) is 4.11 Å². The van der Waals surface area contributed by atoms with Crippen LogP contribution in [0.1, 0.15) is 4.11 Å². The Morgan fingerprint density at radius 3 is 1.33 bits per heavy atom. The van der Waals surface area contributed by atoms with Gasteiger partial charge in [0.15, 0.2) is 0 Å². The Morgan fingerprint density at radius 2 is 1.11 bits per heavy atom. The van der Waals surface area contributed by atoms with Crippen molar-refractivity contribution < 1.29 is 4.11 Å². The van der Waals surface area contributed by atoms with E-state index in [1.54, 1.807) is 0 Å². The van der Waals surface area contributed by atoms with Gasteiger partial charge in [0.2, 0.25) is 0 Å². The molecule has 0 spiro atoms. The molecule has 0 amide bonds. The Bertz CT molecular complexity index is 232. The third-order valence-electron chi connectivity index (χ3n) is 0.658. The second kappa shape index (κ2) is 3.17. The summed E-state index contributed by atoms with van der Waals surface area (Å²) < 4.78 is 23.6. The summed E-state index contributed by atoms with van der Waals surface area (Å²) in [4.78, 5) is 0. The molecule has 0 aliphatic heterocycles. The van der Waals surface area contributed by atoms with Crippen LogP contribution < -0.4 is 0 Å². The molecule has 1 aromatic rings. The molecule has 48 valence electrons. The van der Waals surface area contributed by atoms with Crippen molar-refractivity contribution in [3.8, 4) is 0 Å². The molecule has 0 saturated heterocycles. The zero-order valence-corrected chi connectivity index (χ0v) is 8.89. The fourth-order valence-electron chi connectivity index (χ4n) is 0.383. The van der Waals surface area contributed by atoms with Crippen LogP contribution in [0.25, 0.3) is 0 Å². The maximum atomic E-state index is 7.47. The van der Waals surface area contributed by atoms with Gasteiger partial charge in [-0.3, -0.25) is 0 Å². The molecular weight excluding hydrogens is 312 g/mol. The zero-order chi connectivity index (χ0) is 9.46. The van der Waals surface area contributed by atoms with Crippen LogP contribution in [-0.4, -0.2) is 0 Å². The van der Waals surface area contributed by atoms with E-state index in [2.05, 4.69) is 47.8 Å². The molecule has 0 saturated carbocycles. The van der Waals surface area contributed by atoms with Gasteiger partial charge < -0.3 is 0 Å². The molecule has 0 aliphatic carbocycles. The molecule has 0 nitrogen and oxygen atoms in total. The maximum absolute atomic E-state index is 7.47. The van der Waals surface area contributed by atoms with Crippen LogP contribution >= 0.6 is 47.8 Å². The Kier molecular flexibility index (Phi) is 1.59. The Balaban J connectivity index is 3.60. The van der Waals surface area contributed by atoms with Crippen molar-refractivity contribution in [2.24, 2.45) is 0 Å².